The van der Waals surface area contributed by atoms with Crippen molar-refractivity contribution in [2.45, 2.75) is 12.5 Å². The van der Waals surface area contributed by atoms with Crippen LogP contribution in [0.4, 0.5) is 5.69 Å². The van der Waals surface area contributed by atoms with Crippen molar-refractivity contribution in [2.24, 2.45) is 0 Å². The lowest BCUT2D eigenvalue weighted by atomic mass is 10.2. The Kier molecular flexibility index (Phi) is 2.33. The van der Waals surface area contributed by atoms with Gasteiger partial charge in [-0.2, -0.15) is 0 Å². The van der Waals surface area contributed by atoms with Crippen molar-refractivity contribution in [3.63, 3.8) is 0 Å². The molecule has 0 saturated carbocycles. The number of aromatic nitrogens is 1. The van der Waals surface area contributed by atoms with Crippen LogP contribution in [-0.2, 0) is 0 Å². The third-order valence-electron chi connectivity index (χ3n) is 3.53. The summed E-state index contributed by atoms with van der Waals surface area (Å²) in [5.74, 6) is 0. The quantitative estimate of drug-likeness (QED) is 0.802. The summed E-state index contributed by atoms with van der Waals surface area (Å²) in [5.41, 5.74) is 2.53. The van der Waals surface area contributed by atoms with E-state index in [1.165, 1.54) is 23.0 Å². The molecule has 1 aromatic carbocycles. The van der Waals surface area contributed by atoms with Gasteiger partial charge in [-0.05, 0) is 19.0 Å². The third kappa shape index (κ3) is 1.48. The van der Waals surface area contributed by atoms with E-state index in [1.54, 1.807) is 0 Å². The second kappa shape index (κ2) is 3.83. The molecule has 0 amide bonds. The Hall–Kier alpha value is -1.48. The van der Waals surface area contributed by atoms with E-state index < -0.39 is 0 Å². The molecule has 84 valence electrons. The number of fused-ring (bicyclic) bond motifs is 1. The molecule has 1 unspecified atom stereocenters. The van der Waals surface area contributed by atoms with Crippen LogP contribution in [0.3, 0.4) is 0 Å². The third-order valence-corrected chi connectivity index (χ3v) is 3.53. The van der Waals surface area contributed by atoms with Crippen molar-refractivity contribution in [2.75, 3.05) is 25.0 Å². The summed E-state index contributed by atoms with van der Waals surface area (Å²) >= 11 is 0. The van der Waals surface area contributed by atoms with Crippen LogP contribution in [0.1, 0.15) is 6.42 Å². The molecule has 3 nitrogen and oxygen atoms in total. The summed E-state index contributed by atoms with van der Waals surface area (Å²) in [7, 11) is 2.19. The van der Waals surface area contributed by atoms with Crippen LogP contribution in [0.15, 0.2) is 30.5 Å². The molecule has 2 aromatic rings. The number of nitrogens with zero attached hydrogens (tertiary/aromatic N) is 1. The van der Waals surface area contributed by atoms with Gasteiger partial charge in [0, 0.05) is 36.7 Å². The van der Waals surface area contributed by atoms with Crippen molar-refractivity contribution in [3.05, 3.63) is 30.5 Å². The fraction of sp³-hybridized carbons (Fsp3) is 0.385. The first-order valence-electron chi connectivity index (χ1n) is 5.86. The number of hydrogen-bond donors (Lipinski definition) is 2. The largest absolute Gasteiger partial charge is 0.369 e. The van der Waals surface area contributed by atoms with E-state index in [0.29, 0.717) is 6.04 Å². The number of hydrogen-bond acceptors (Lipinski definition) is 2. The van der Waals surface area contributed by atoms with Crippen LogP contribution in [0.5, 0.6) is 0 Å². The van der Waals surface area contributed by atoms with Crippen molar-refractivity contribution in [1.82, 2.24) is 10.3 Å². The summed E-state index contributed by atoms with van der Waals surface area (Å²) in [6.45, 7) is 2.23. The highest BCUT2D eigenvalue weighted by Gasteiger charge is 2.21. The molecular formula is C13H17N3. The molecule has 1 atom stereocenters. The second-order valence-corrected chi connectivity index (χ2v) is 4.48. The Morgan fingerprint density at radius 2 is 2.19 bits per heavy atom. The minimum absolute atomic E-state index is 0.624. The standard InChI is InChI=1S/C13H17N3/c1-16(10-6-7-14-8-10)13-9-15-12-5-3-2-4-11(12)13/h2-5,9-10,14-15H,6-8H2,1H3. The number of H-pyrrole nitrogens is 1. The Morgan fingerprint density at radius 3 is 3.00 bits per heavy atom. The molecule has 1 saturated heterocycles. The summed E-state index contributed by atoms with van der Waals surface area (Å²) in [4.78, 5) is 5.72. The van der Waals surface area contributed by atoms with E-state index >= 15 is 0 Å². The molecule has 0 bridgehead atoms. The number of likely N-dealkylation sites (N-methyl/N-ethyl adjacent to an activating group) is 1. The molecule has 0 aliphatic carbocycles. The molecular weight excluding hydrogens is 198 g/mol. The normalized spacial score (nSPS) is 20.4. The van der Waals surface area contributed by atoms with Crippen molar-refractivity contribution >= 4 is 16.6 Å². The van der Waals surface area contributed by atoms with Gasteiger partial charge in [-0.1, -0.05) is 18.2 Å². The fourth-order valence-electron chi connectivity index (χ4n) is 2.51. The Balaban J connectivity index is 1.98. The zero-order chi connectivity index (χ0) is 11.0. The molecule has 1 aliphatic heterocycles. The number of rotatable bonds is 2. The van der Waals surface area contributed by atoms with Gasteiger partial charge in [0.25, 0.3) is 0 Å². The summed E-state index contributed by atoms with van der Waals surface area (Å²) in [6, 6.07) is 9.10. The molecule has 1 aromatic heterocycles. The van der Waals surface area contributed by atoms with Gasteiger partial charge in [-0.25, -0.2) is 0 Å². The lowest BCUT2D eigenvalue weighted by Crippen LogP contribution is -2.33. The van der Waals surface area contributed by atoms with E-state index in [4.69, 9.17) is 0 Å². The zero-order valence-corrected chi connectivity index (χ0v) is 9.53. The SMILES string of the molecule is CN(c1c[nH]c2ccccc12)C1CCNC1. The maximum absolute atomic E-state index is 3.41. The smallest absolute Gasteiger partial charge is 0.0624 e. The van der Waals surface area contributed by atoms with Crippen LogP contribution >= 0.6 is 0 Å². The van der Waals surface area contributed by atoms with Crippen LogP contribution in [0.2, 0.25) is 0 Å². The molecule has 1 aliphatic rings. The lowest BCUT2D eigenvalue weighted by molar-refractivity contribution is 0.687. The van der Waals surface area contributed by atoms with Gasteiger partial charge >= 0.3 is 0 Å². The number of para-hydroxylation sites is 1. The van der Waals surface area contributed by atoms with E-state index in [1.807, 2.05) is 0 Å². The van der Waals surface area contributed by atoms with Crippen molar-refractivity contribution < 1.29 is 0 Å². The van der Waals surface area contributed by atoms with Crippen molar-refractivity contribution in [3.8, 4) is 0 Å². The predicted octanol–water partition coefficient (Wildman–Crippen LogP) is 1.97. The van der Waals surface area contributed by atoms with Gasteiger partial charge in [0.05, 0.1) is 5.69 Å². The van der Waals surface area contributed by atoms with E-state index in [-0.39, 0.29) is 0 Å². The number of aromatic amines is 1. The highest BCUT2D eigenvalue weighted by atomic mass is 15.2. The second-order valence-electron chi connectivity index (χ2n) is 4.48. The van der Waals surface area contributed by atoms with E-state index in [2.05, 4.69) is 52.7 Å². The average Bonchev–Trinajstić information content (AvgIpc) is 2.98. The van der Waals surface area contributed by atoms with Crippen LogP contribution < -0.4 is 10.2 Å². The highest BCUT2D eigenvalue weighted by Crippen LogP contribution is 2.27. The predicted molar refractivity (Wildman–Crippen MR) is 68.0 cm³/mol. The van der Waals surface area contributed by atoms with E-state index in [0.717, 1.165) is 13.1 Å². The van der Waals surface area contributed by atoms with Gasteiger partial charge in [-0.3, -0.25) is 0 Å². The first kappa shape index (κ1) is 9.73. The number of benzene rings is 1. The van der Waals surface area contributed by atoms with E-state index in [9.17, 15) is 0 Å². The molecule has 16 heavy (non-hydrogen) atoms. The Labute approximate surface area is 95.5 Å². The molecule has 2 heterocycles. The molecule has 0 radical (unpaired) electrons. The minimum atomic E-state index is 0.624. The molecule has 3 rings (SSSR count). The number of anilines is 1. The first-order valence-corrected chi connectivity index (χ1v) is 5.86. The first-order chi connectivity index (χ1) is 7.86. The molecule has 2 N–H and O–H groups in total. The zero-order valence-electron chi connectivity index (χ0n) is 9.53. The topological polar surface area (TPSA) is 31.1 Å². The Bertz CT molecular complexity index is 483. The fourth-order valence-corrected chi connectivity index (χ4v) is 2.51. The van der Waals surface area contributed by atoms with Crippen LogP contribution in [0, 0.1) is 0 Å². The number of nitrogens with one attached hydrogen (secondary N) is 2. The van der Waals surface area contributed by atoms with Crippen molar-refractivity contribution in [1.29, 1.82) is 0 Å². The van der Waals surface area contributed by atoms with Crippen LogP contribution in [0.25, 0.3) is 10.9 Å². The Morgan fingerprint density at radius 1 is 1.31 bits per heavy atom. The summed E-state index contributed by atoms with van der Waals surface area (Å²) in [5, 5.41) is 4.73. The maximum atomic E-state index is 3.41. The highest BCUT2D eigenvalue weighted by molar-refractivity contribution is 5.92. The molecule has 3 heteroatoms. The average molecular weight is 215 g/mol. The monoisotopic (exact) mass is 215 g/mol. The summed E-state index contributed by atoms with van der Waals surface area (Å²) < 4.78 is 0. The minimum Gasteiger partial charge on any atom is -0.369 e. The van der Waals surface area contributed by atoms with Gasteiger partial charge in [0.1, 0.15) is 0 Å². The lowest BCUT2D eigenvalue weighted by Gasteiger charge is -2.25. The van der Waals surface area contributed by atoms with Gasteiger partial charge in [-0.15, -0.1) is 0 Å². The van der Waals surface area contributed by atoms with Gasteiger partial charge in [0.15, 0.2) is 0 Å². The van der Waals surface area contributed by atoms with Crippen LogP contribution in [-0.4, -0.2) is 31.2 Å². The maximum Gasteiger partial charge on any atom is 0.0624 e. The van der Waals surface area contributed by atoms with Gasteiger partial charge < -0.3 is 15.2 Å². The summed E-state index contributed by atoms with van der Waals surface area (Å²) in [6.07, 6.45) is 3.35. The van der Waals surface area contributed by atoms with Gasteiger partial charge in [0.2, 0.25) is 0 Å². The molecule has 1 fully saturated rings. The molecule has 0 spiro atoms.